The third-order valence-corrected chi connectivity index (χ3v) is 4.55. The first-order valence-electron chi connectivity index (χ1n) is 7.61. The summed E-state index contributed by atoms with van der Waals surface area (Å²) in [5.74, 6) is -2.15. The van der Waals surface area contributed by atoms with E-state index in [1.807, 2.05) is 12.2 Å². The van der Waals surface area contributed by atoms with Crippen molar-refractivity contribution in [3.8, 4) is 0 Å². The summed E-state index contributed by atoms with van der Waals surface area (Å²) in [6, 6.07) is 6.52. The van der Waals surface area contributed by atoms with Gasteiger partial charge in [0.25, 0.3) is 0 Å². The van der Waals surface area contributed by atoms with Crippen LogP contribution in [-0.2, 0) is 19.1 Å². The first-order valence-corrected chi connectivity index (χ1v) is 7.61. The molecule has 2 fully saturated rings. The molecule has 3 aliphatic rings. The highest BCUT2D eigenvalue weighted by molar-refractivity contribution is 6.24. The lowest BCUT2D eigenvalue weighted by atomic mass is 9.85. The Morgan fingerprint density at radius 2 is 1.74 bits per heavy atom. The van der Waals surface area contributed by atoms with Gasteiger partial charge in [-0.25, -0.2) is 9.69 Å². The van der Waals surface area contributed by atoms with Crippen molar-refractivity contribution in [3.05, 3.63) is 42.0 Å². The van der Waals surface area contributed by atoms with E-state index in [2.05, 4.69) is 0 Å². The van der Waals surface area contributed by atoms with Gasteiger partial charge in [0, 0.05) is 0 Å². The number of para-hydroxylation sites is 1. The Balaban J connectivity index is 1.74. The van der Waals surface area contributed by atoms with E-state index in [-0.39, 0.29) is 41.9 Å². The van der Waals surface area contributed by atoms with E-state index < -0.39 is 17.8 Å². The van der Waals surface area contributed by atoms with Crippen LogP contribution in [0.25, 0.3) is 0 Å². The lowest BCUT2D eigenvalue weighted by Gasteiger charge is -2.20. The van der Waals surface area contributed by atoms with Crippen molar-refractivity contribution in [2.24, 2.45) is 11.8 Å². The molecule has 0 spiro atoms. The number of fused-ring (bicyclic) bond motifs is 5. The second-order valence-electron chi connectivity index (χ2n) is 5.75. The fraction of sp³-hybridized carbons (Fsp3) is 0.353. The standard InChI is InChI=1S/C17H15NO5/c1-2-22-17(21)9-5-3-4-6-10(9)18-15(19)13-11-7-8-12(23-11)14(13)16(18)20/h3-8,11-14H,2H2,1H3/t11-,12-,13-,14-/m1/s1. The maximum atomic E-state index is 12.8. The van der Waals surface area contributed by atoms with Crippen LogP contribution < -0.4 is 4.90 Å². The maximum Gasteiger partial charge on any atom is 0.340 e. The summed E-state index contributed by atoms with van der Waals surface area (Å²) < 4.78 is 10.6. The van der Waals surface area contributed by atoms with Gasteiger partial charge >= 0.3 is 5.97 Å². The average Bonchev–Trinajstić information content (AvgIpc) is 3.22. The van der Waals surface area contributed by atoms with Crippen LogP contribution in [0.4, 0.5) is 5.69 Å². The van der Waals surface area contributed by atoms with Gasteiger partial charge in [0.1, 0.15) is 0 Å². The summed E-state index contributed by atoms with van der Waals surface area (Å²) >= 11 is 0. The fourth-order valence-electron chi connectivity index (χ4n) is 3.59. The molecule has 3 aliphatic heterocycles. The number of hydrogen-bond acceptors (Lipinski definition) is 5. The molecular formula is C17H15NO5. The molecule has 118 valence electrons. The highest BCUT2D eigenvalue weighted by atomic mass is 16.5. The SMILES string of the molecule is CCOC(=O)c1ccccc1N1C(=O)[C@H]2[C@H](C1=O)[C@H]1C=C[C@H]2O1. The first-order chi connectivity index (χ1) is 11.1. The monoisotopic (exact) mass is 313 g/mol. The van der Waals surface area contributed by atoms with Crippen molar-refractivity contribution in [3.63, 3.8) is 0 Å². The Morgan fingerprint density at radius 1 is 1.13 bits per heavy atom. The van der Waals surface area contributed by atoms with E-state index in [9.17, 15) is 14.4 Å². The molecule has 6 nitrogen and oxygen atoms in total. The predicted molar refractivity (Wildman–Crippen MR) is 79.7 cm³/mol. The van der Waals surface area contributed by atoms with Crippen molar-refractivity contribution >= 4 is 23.5 Å². The van der Waals surface area contributed by atoms with Gasteiger partial charge in [0.2, 0.25) is 11.8 Å². The minimum absolute atomic E-state index is 0.220. The molecule has 2 bridgehead atoms. The highest BCUT2D eigenvalue weighted by Crippen LogP contribution is 2.46. The number of anilines is 1. The Morgan fingerprint density at radius 3 is 2.35 bits per heavy atom. The van der Waals surface area contributed by atoms with Gasteiger partial charge < -0.3 is 9.47 Å². The normalized spacial score (nSPS) is 30.9. The van der Waals surface area contributed by atoms with Gasteiger partial charge in [-0.05, 0) is 19.1 Å². The molecular weight excluding hydrogens is 298 g/mol. The molecule has 0 aromatic heterocycles. The van der Waals surface area contributed by atoms with Crippen LogP contribution in [0.5, 0.6) is 0 Å². The molecule has 4 atom stereocenters. The van der Waals surface area contributed by atoms with Crippen molar-refractivity contribution in [1.82, 2.24) is 0 Å². The summed E-state index contributed by atoms with van der Waals surface area (Å²) in [6.45, 7) is 1.93. The molecule has 6 heteroatoms. The van der Waals surface area contributed by atoms with Gasteiger partial charge in [-0.3, -0.25) is 9.59 Å². The Hall–Kier alpha value is -2.47. The molecule has 23 heavy (non-hydrogen) atoms. The molecule has 1 aromatic carbocycles. The molecule has 0 radical (unpaired) electrons. The molecule has 4 rings (SSSR count). The summed E-state index contributed by atoms with van der Waals surface area (Å²) in [7, 11) is 0. The zero-order valence-corrected chi connectivity index (χ0v) is 12.5. The van der Waals surface area contributed by atoms with E-state index in [0.29, 0.717) is 0 Å². The van der Waals surface area contributed by atoms with Gasteiger partial charge in [-0.1, -0.05) is 24.3 Å². The lowest BCUT2D eigenvalue weighted by molar-refractivity contribution is -0.124. The van der Waals surface area contributed by atoms with Crippen LogP contribution in [0.1, 0.15) is 17.3 Å². The van der Waals surface area contributed by atoms with Gasteiger partial charge in [0.15, 0.2) is 0 Å². The maximum absolute atomic E-state index is 12.8. The second-order valence-corrected chi connectivity index (χ2v) is 5.75. The third kappa shape index (κ3) is 1.88. The summed E-state index contributed by atoms with van der Waals surface area (Å²) in [5, 5.41) is 0. The molecule has 2 amide bonds. The molecule has 0 saturated carbocycles. The van der Waals surface area contributed by atoms with E-state index in [0.717, 1.165) is 4.90 Å². The number of imide groups is 1. The quantitative estimate of drug-likeness (QED) is 0.478. The predicted octanol–water partition coefficient (Wildman–Crippen LogP) is 1.31. The molecule has 0 aliphatic carbocycles. The van der Waals surface area contributed by atoms with Crippen molar-refractivity contribution < 1.29 is 23.9 Å². The fourth-order valence-corrected chi connectivity index (χ4v) is 3.59. The Labute approximate surface area is 132 Å². The minimum atomic E-state index is -0.543. The number of esters is 1. The average molecular weight is 313 g/mol. The van der Waals surface area contributed by atoms with Crippen molar-refractivity contribution in [1.29, 1.82) is 0 Å². The zero-order chi connectivity index (χ0) is 16.1. The number of nitrogens with zero attached hydrogens (tertiary/aromatic N) is 1. The highest BCUT2D eigenvalue weighted by Gasteiger charge is 2.61. The van der Waals surface area contributed by atoms with E-state index >= 15 is 0 Å². The molecule has 2 saturated heterocycles. The van der Waals surface area contributed by atoms with Crippen LogP contribution >= 0.6 is 0 Å². The van der Waals surface area contributed by atoms with E-state index in [4.69, 9.17) is 9.47 Å². The van der Waals surface area contributed by atoms with E-state index in [1.54, 1.807) is 31.2 Å². The van der Waals surface area contributed by atoms with Gasteiger partial charge in [-0.2, -0.15) is 0 Å². The van der Waals surface area contributed by atoms with Crippen LogP contribution in [-0.4, -0.2) is 36.6 Å². The van der Waals surface area contributed by atoms with Crippen LogP contribution in [0.3, 0.4) is 0 Å². The Bertz CT molecular complexity index is 710. The number of ether oxygens (including phenoxy) is 2. The topological polar surface area (TPSA) is 72.9 Å². The minimum Gasteiger partial charge on any atom is -0.462 e. The Kier molecular flexibility index (Phi) is 3.09. The number of benzene rings is 1. The molecule has 0 unspecified atom stereocenters. The summed E-state index contributed by atoms with van der Waals surface area (Å²) in [6.07, 6.45) is 2.97. The number of rotatable bonds is 3. The number of carbonyl (C=O) groups is 3. The number of hydrogen-bond donors (Lipinski definition) is 0. The van der Waals surface area contributed by atoms with Crippen LogP contribution in [0, 0.1) is 11.8 Å². The third-order valence-electron chi connectivity index (χ3n) is 4.55. The first kappa shape index (κ1) is 14.1. The number of carbonyl (C=O) groups excluding carboxylic acids is 3. The second kappa shape index (κ2) is 5.03. The van der Waals surface area contributed by atoms with Crippen LogP contribution in [0.15, 0.2) is 36.4 Å². The van der Waals surface area contributed by atoms with Gasteiger partial charge in [0.05, 0.1) is 41.9 Å². The van der Waals surface area contributed by atoms with Crippen molar-refractivity contribution in [2.45, 2.75) is 19.1 Å². The number of amides is 2. The van der Waals surface area contributed by atoms with E-state index in [1.165, 1.54) is 0 Å². The largest absolute Gasteiger partial charge is 0.462 e. The van der Waals surface area contributed by atoms with Crippen molar-refractivity contribution in [2.75, 3.05) is 11.5 Å². The summed E-state index contributed by atoms with van der Waals surface area (Å²) in [5.41, 5.74) is 0.506. The van der Waals surface area contributed by atoms with Crippen LogP contribution in [0.2, 0.25) is 0 Å². The molecule has 3 heterocycles. The molecule has 1 aromatic rings. The van der Waals surface area contributed by atoms with Gasteiger partial charge in [-0.15, -0.1) is 0 Å². The summed E-state index contributed by atoms with van der Waals surface area (Å²) in [4.78, 5) is 38.8. The lowest BCUT2D eigenvalue weighted by Crippen LogP contribution is -2.35. The zero-order valence-electron chi connectivity index (χ0n) is 12.5. The molecule has 0 N–H and O–H groups in total. The smallest absolute Gasteiger partial charge is 0.340 e.